The average molecular weight is 204 g/mol. The van der Waals surface area contributed by atoms with Crippen molar-refractivity contribution < 1.29 is 0 Å². The van der Waals surface area contributed by atoms with E-state index >= 15 is 0 Å². The number of hydrogen-bond donors (Lipinski definition) is 0. The Kier molecular flexibility index (Phi) is 2.94. The fourth-order valence-electron chi connectivity index (χ4n) is 2.21. The molecule has 1 aliphatic heterocycles. The lowest BCUT2D eigenvalue weighted by atomic mass is 10.0. The van der Waals surface area contributed by atoms with E-state index in [4.69, 9.17) is 4.98 Å². The molecule has 0 saturated heterocycles. The van der Waals surface area contributed by atoms with Crippen molar-refractivity contribution >= 4 is 5.82 Å². The van der Waals surface area contributed by atoms with Crippen molar-refractivity contribution in [2.45, 2.75) is 46.1 Å². The minimum Gasteiger partial charge on any atom is -0.354 e. The predicted molar refractivity (Wildman–Crippen MR) is 64.4 cm³/mol. The van der Waals surface area contributed by atoms with Gasteiger partial charge in [0, 0.05) is 18.3 Å². The molecule has 0 radical (unpaired) electrons. The van der Waals surface area contributed by atoms with E-state index in [0.717, 1.165) is 13.0 Å². The van der Waals surface area contributed by atoms with Gasteiger partial charge in [-0.25, -0.2) is 4.98 Å². The monoisotopic (exact) mass is 204 g/mol. The van der Waals surface area contributed by atoms with Crippen LogP contribution in [-0.4, -0.2) is 17.6 Å². The topological polar surface area (TPSA) is 16.1 Å². The highest BCUT2D eigenvalue weighted by atomic mass is 15.2. The van der Waals surface area contributed by atoms with Crippen LogP contribution in [0.25, 0.3) is 0 Å². The summed E-state index contributed by atoms with van der Waals surface area (Å²) in [6.45, 7) is 7.81. The number of nitrogens with zero attached hydrogens (tertiary/aromatic N) is 2. The van der Waals surface area contributed by atoms with Crippen molar-refractivity contribution in [1.29, 1.82) is 0 Å². The van der Waals surface area contributed by atoms with Crippen LogP contribution in [0.4, 0.5) is 5.82 Å². The average Bonchev–Trinajstić information content (AvgIpc) is 2.27. The van der Waals surface area contributed by atoms with Crippen molar-refractivity contribution in [3.05, 3.63) is 23.4 Å². The lowest BCUT2D eigenvalue weighted by Gasteiger charge is -2.33. The zero-order chi connectivity index (χ0) is 10.8. The third kappa shape index (κ3) is 1.99. The Morgan fingerprint density at radius 1 is 1.40 bits per heavy atom. The molecular weight excluding hydrogens is 184 g/mol. The standard InChI is InChI=1S/C13H20N2/c1-4-12-8-7-11-6-5-9-15(10(2)3)13(11)14-12/h7-8,10H,4-6,9H2,1-3H3. The van der Waals surface area contributed by atoms with E-state index in [1.54, 1.807) is 0 Å². The summed E-state index contributed by atoms with van der Waals surface area (Å²) < 4.78 is 0. The fraction of sp³-hybridized carbons (Fsp3) is 0.615. The van der Waals surface area contributed by atoms with Gasteiger partial charge >= 0.3 is 0 Å². The van der Waals surface area contributed by atoms with Crippen molar-refractivity contribution in [2.75, 3.05) is 11.4 Å². The molecule has 0 unspecified atom stereocenters. The van der Waals surface area contributed by atoms with Gasteiger partial charge < -0.3 is 4.90 Å². The highest BCUT2D eigenvalue weighted by Gasteiger charge is 2.20. The third-order valence-electron chi connectivity index (χ3n) is 3.12. The molecule has 15 heavy (non-hydrogen) atoms. The maximum atomic E-state index is 4.76. The number of rotatable bonds is 2. The Bertz CT molecular complexity index is 344. The largest absolute Gasteiger partial charge is 0.354 e. The molecule has 0 bridgehead atoms. The number of hydrogen-bond acceptors (Lipinski definition) is 2. The van der Waals surface area contributed by atoms with E-state index < -0.39 is 0 Å². The first-order chi connectivity index (χ1) is 7.22. The van der Waals surface area contributed by atoms with Gasteiger partial charge in [0.1, 0.15) is 5.82 Å². The van der Waals surface area contributed by atoms with Gasteiger partial charge in [-0.15, -0.1) is 0 Å². The maximum absolute atomic E-state index is 4.76. The van der Waals surface area contributed by atoms with Crippen LogP contribution in [0.3, 0.4) is 0 Å². The number of anilines is 1. The Balaban J connectivity index is 2.39. The first-order valence-corrected chi connectivity index (χ1v) is 5.97. The lowest BCUT2D eigenvalue weighted by Crippen LogP contribution is -2.36. The van der Waals surface area contributed by atoms with E-state index in [0.29, 0.717) is 6.04 Å². The fourth-order valence-corrected chi connectivity index (χ4v) is 2.21. The van der Waals surface area contributed by atoms with Crippen molar-refractivity contribution in [3.63, 3.8) is 0 Å². The van der Waals surface area contributed by atoms with E-state index in [1.165, 1.54) is 29.9 Å². The number of fused-ring (bicyclic) bond motifs is 1. The lowest BCUT2D eigenvalue weighted by molar-refractivity contribution is 0.613. The van der Waals surface area contributed by atoms with Gasteiger partial charge in [-0.05, 0) is 44.7 Å². The van der Waals surface area contributed by atoms with Crippen LogP contribution in [0, 0.1) is 0 Å². The summed E-state index contributed by atoms with van der Waals surface area (Å²) >= 11 is 0. The molecule has 0 saturated carbocycles. The quantitative estimate of drug-likeness (QED) is 0.736. The van der Waals surface area contributed by atoms with Gasteiger partial charge in [0.2, 0.25) is 0 Å². The summed E-state index contributed by atoms with van der Waals surface area (Å²) in [4.78, 5) is 7.19. The number of pyridine rings is 1. The van der Waals surface area contributed by atoms with Crippen LogP contribution in [0.2, 0.25) is 0 Å². The highest BCUT2D eigenvalue weighted by molar-refractivity contribution is 5.50. The van der Waals surface area contributed by atoms with Gasteiger partial charge in [0.05, 0.1) is 0 Å². The third-order valence-corrected chi connectivity index (χ3v) is 3.12. The van der Waals surface area contributed by atoms with Gasteiger partial charge in [0.15, 0.2) is 0 Å². The molecule has 0 atom stereocenters. The Morgan fingerprint density at radius 2 is 2.20 bits per heavy atom. The molecule has 1 aromatic rings. The first-order valence-electron chi connectivity index (χ1n) is 5.97. The molecule has 0 N–H and O–H groups in total. The number of aryl methyl sites for hydroxylation is 2. The molecule has 0 spiro atoms. The predicted octanol–water partition coefficient (Wildman–Crippen LogP) is 2.81. The summed E-state index contributed by atoms with van der Waals surface area (Å²) in [5.74, 6) is 1.23. The molecule has 82 valence electrons. The minimum atomic E-state index is 0.559. The molecule has 2 nitrogen and oxygen atoms in total. The van der Waals surface area contributed by atoms with Gasteiger partial charge in [-0.1, -0.05) is 13.0 Å². The van der Waals surface area contributed by atoms with Gasteiger partial charge in [-0.2, -0.15) is 0 Å². The molecule has 2 heterocycles. The summed E-state index contributed by atoms with van der Waals surface area (Å²) in [5.41, 5.74) is 2.63. The van der Waals surface area contributed by atoms with Crippen molar-refractivity contribution in [1.82, 2.24) is 4.98 Å². The first kappa shape index (κ1) is 10.5. The molecule has 0 fully saturated rings. The van der Waals surface area contributed by atoms with Crippen molar-refractivity contribution in [3.8, 4) is 0 Å². The second-order valence-electron chi connectivity index (χ2n) is 4.53. The highest BCUT2D eigenvalue weighted by Crippen LogP contribution is 2.26. The zero-order valence-corrected chi connectivity index (χ0v) is 9.95. The Morgan fingerprint density at radius 3 is 2.87 bits per heavy atom. The molecule has 2 heteroatoms. The molecule has 1 aliphatic rings. The normalized spacial score (nSPS) is 15.6. The molecule has 2 rings (SSSR count). The van der Waals surface area contributed by atoms with Crippen LogP contribution in [0.15, 0.2) is 12.1 Å². The summed E-state index contributed by atoms with van der Waals surface area (Å²) in [6, 6.07) is 4.99. The van der Waals surface area contributed by atoms with Gasteiger partial charge in [-0.3, -0.25) is 0 Å². The zero-order valence-electron chi connectivity index (χ0n) is 9.95. The second-order valence-corrected chi connectivity index (χ2v) is 4.53. The van der Waals surface area contributed by atoms with Crippen LogP contribution >= 0.6 is 0 Å². The SMILES string of the molecule is CCc1ccc2c(n1)N(C(C)C)CCC2. The minimum absolute atomic E-state index is 0.559. The van der Waals surface area contributed by atoms with E-state index in [2.05, 4.69) is 37.8 Å². The molecule has 0 aromatic carbocycles. The summed E-state index contributed by atoms with van der Waals surface area (Å²) in [7, 11) is 0. The smallest absolute Gasteiger partial charge is 0.132 e. The maximum Gasteiger partial charge on any atom is 0.132 e. The van der Waals surface area contributed by atoms with E-state index in [1.807, 2.05) is 0 Å². The molecule has 1 aromatic heterocycles. The van der Waals surface area contributed by atoms with E-state index in [9.17, 15) is 0 Å². The van der Waals surface area contributed by atoms with Crippen LogP contribution in [0.5, 0.6) is 0 Å². The van der Waals surface area contributed by atoms with Crippen LogP contribution in [-0.2, 0) is 12.8 Å². The second kappa shape index (κ2) is 4.21. The van der Waals surface area contributed by atoms with Crippen LogP contribution in [0.1, 0.15) is 38.4 Å². The Hall–Kier alpha value is -1.05. The molecular formula is C13H20N2. The van der Waals surface area contributed by atoms with Crippen molar-refractivity contribution in [2.24, 2.45) is 0 Å². The number of aromatic nitrogens is 1. The molecule has 0 amide bonds. The Labute approximate surface area is 92.3 Å². The summed E-state index contributed by atoms with van der Waals surface area (Å²) in [5, 5.41) is 0. The molecule has 0 aliphatic carbocycles. The van der Waals surface area contributed by atoms with Crippen LogP contribution < -0.4 is 4.90 Å². The van der Waals surface area contributed by atoms with E-state index in [-0.39, 0.29) is 0 Å². The van der Waals surface area contributed by atoms with Gasteiger partial charge in [0.25, 0.3) is 0 Å². The summed E-state index contributed by atoms with van der Waals surface area (Å²) in [6.07, 6.45) is 3.48.